The van der Waals surface area contributed by atoms with Gasteiger partial charge in [0.1, 0.15) is 5.75 Å². The van der Waals surface area contributed by atoms with Crippen LogP contribution in [0, 0.1) is 0 Å². The van der Waals surface area contributed by atoms with Gasteiger partial charge in [-0.15, -0.1) is 0 Å². The third-order valence-electron chi connectivity index (χ3n) is 2.67. The van der Waals surface area contributed by atoms with E-state index in [1.54, 1.807) is 0 Å². The number of rotatable bonds is 3. The second-order valence-corrected chi connectivity index (χ2v) is 5.72. The minimum Gasteiger partial charge on any atom is -0.508 e. The zero-order chi connectivity index (χ0) is 12.3. The summed E-state index contributed by atoms with van der Waals surface area (Å²) in [5, 5.41) is 9.27. The Morgan fingerprint density at radius 3 is 2.65 bits per heavy atom. The smallest absolute Gasteiger partial charge is 0.240 e. The summed E-state index contributed by atoms with van der Waals surface area (Å²) in [6, 6.07) is 5.56. The molecule has 1 aromatic carbocycles. The topological polar surface area (TPSA) is 75.6 Å². The highest BCUT2D eigenvalue weighted by molar-refractivity contribution is 7.89. The van der Waals surface area contributed by atoms with E-state index >= 15 is 0 Å². The van der Waals surface area contributed by atoms with E-state index in [-0.39, 0.29) is 16.7 Å². The van der Waals surface area contributed by atoms with Gasteiger partial charge in [-0.1, -0.05) is 6.07 Å². The lowest BCUT2D eigenvalue weighted by Crippen LogP contribution is -2.38. The molecule has 6 heteroatoms. The fraction of sp³-hybridized carbons (Fsp3) is 0.455. The number of phenolic OH excluding ortho intramolecular Hbond substituents is 1. The summed E-state index contributed by atoms with van der Waals surface area (Å²) >= 11 is 0. The van der Waals surface area contributed by atoms with Crippen molar-refractivity contribution in [1.82, 2.24) is 4.72 Å². The molecule has 1 heterocycles. The molecule has 1 aromatic rings. The van der Waals surface area contributed by atoms with Crippen molar-refractivity contribution >= 4 is 10.0 Å². The van der Waals surface area contributed by atoms with Gasteiger partial charge in [0.25, 0.3) is 0 Å². The maximum atomic E-state index is 12.0. The number of aromatic hydroxyl groups is 1. The Hall–Kier alpha value is -1.11. The zero-order valence-corrected chi connectivity index (χ0v) is 10.1. The van der Waals surface area contributed by atoms with Gasteiger partial charge in [0.05, 0.1) is 4.90 Å². The molecule has 17 heavy (non-hydrogen) atoms. The lowest BCUT2D eigenvalue weighted by molar-refractivity contribution is 0.0832. The highest BCUT2D eigenvalue weighted by Gasteiger charge is 2.22. The quantitative estimate of drug-likeness (QED) is 0.841. The van der Waals surface area contributed by atoms with E-state index in [0.29, 0.717) is 26.1 Å². The van der Waals surface area contributed by atoms with E-state index in [4.69, 9.17) is 4.74 Å². The third-order valence-corrected chi connectivity index (χ3v) is 4.19. The van der Waals surface area contributed by atoms with Crippen molar-refractivity contribution in [2.24, 2.45) is 0 Å². The van der Waals surface area contributed by atoms with Crippen molar-refractivity contribution in [1.29, 1.82) is 0 Å². The summed E-state index contributed by atoms with van der Waals surface area (Å²) in [6.45, 7) is 1.15. The number of nitrogens with one attached hydrogen (secondary N) is 1. The van der Waals surface area contributed by atoms with Gasteiger partial charge in [-0.25, -0.2) is 13.1 Å². The van der Waals surface area contributed by atoms with Crippen molar-refractivity contribution in [3.8, 4) is 5.75 Å². The molecule has 1 aliphatic rings. The zero-order valence-electron chi connectivity index (χ0n) is 9.30. The Kier molecular flexibility index (Phi) is 3.66. The summed E-state index contributed by atoms with van der Waals surface area (Å²) in [6.07, 6.45) is 1.36. The van der Waals surface area contributed by atoms with Crippen LogP contribution in [-0.4, -0.2) is 32.8 Å². The van der Waals surface area contributed by atoms with E-state index in [2.05, 4.69) is 4.72 Å². The first kappa shape index (κ1) is 12.3. The molecule has 1 saturated heterocycles. The summed E-state index contributed by atoms with van der Waals surface area (Å²) in [7, 11) is -3.55. The van der Waals surface area contributed by atoms with E-state index in [0.717, 1.165) is 0 Å². The molecular weight excluding hydrogens is 242 g/mol. The number of hydrogen-bond acceptors (Lipinski definition) is 4. The van der Waals surface area contributed by atoms with Gasteiger partial charge in [0.15, 0.2) is 0 Å². The molecule has 2 rings (SSSR count). The Morgan fingerprint density at radius 1 is 1.29 bits per heavy atom. The predicted molar refractivity (Wildman–Crippen MR) is 62.3 cm³/mol. The largest absolute Gasteiger partial charge is 0.508 e. The standard InChI is InChI=1S/C11H15NO4S/c13-10-2-1-3-11(8-10)17(14,15)12-9-4-6-16-7-5-9/h1-3,8-9,12-13H,4-7H2. The lowest BCUT2D eigenvalue weighted by Gasteiger charge is -2.22. The Balaban J connectivity index is 2.13. The Labute approximate surface area is 100 Å². The van der Waals surface area contributed by atoms with E-state index in [9.17, 15) is 13.5 Å². The van der Waals surface area contributed by atoms with Crippen LogP contribution in [0.4, 0.5) is 0 Å². The summed E-state index contributed by atoms with van der Waals surface area (Å²) in [5.74, 6) is -0.0557. The van der Waals surface area contributed by atoms with Crippen LogP contribution in [0.5, 0.6) is 5.75 Å². The number of benzene rings is 1. The van der Waals surface area contributed by atoms with Gasteiger partial charge in [-0.3, -0.25) is 0 Å². The second-order valence-electron chi connectivity index (χ2n) is 4.01. The number of sulfonamides is 1. The SMILES string of the molecule is O=S(=O)(NC1CCOCC1)c1cccc(O)c1. The molecule has 0 bridgehead atoms. The second kappa shape index (κ2) is 5.03. The minimum absolute atomic E-state index is 0.0557. The summed E-state index contributed by atoms with van der Waals surface area (Å²) in [5.41, 5.74) is 0. The van der Waals surface area contributed by atoms with E-state index in [1.807, 2.05) is 0 Å². The predicted octanol–water partition coefficient (Wildman–Crippen LogP) is 0.849. The van der Waals surface area contributed by atoms with Crippen LogP contribution in [-0.2, 0) is 14.8 Å². The van der Waals surface area contributed by atoms with Crippen LogP contribution >= 0.6 is 0 Å². The van der Waals surface area contributed by atoms with Crippen molar-refractivity contribution in [2.45, 2.75) is 23.8 Å². The van der Waals surface area contributed by atoms with Gasteiger partial charge in [-0.2, -0.15) is 0 Å². The van der Waals surface area contributed by atoms with Crippen LogP contribution in [0.2, 0.25) is 0 Å². The maximum Gasteiger partial charge on any atom is 0.240 e. The van der Waals surface area contributed by atoms with Crippen molar-refractivity contribution in [2.75, 3.05) is 13.2 Å². The molecule has 0 radical (unpaired) electrons. The van der Waals surface area contributed by atoms with Crippen LogP contribution < -0.4 is 4.72 Å². The minimum atomic E-state index is -3.55. The van der Waals surface area contributed by atoms with E-state index < -0.39 is 10.0 Å². The molecule has 1 fully saturated rings. The molecule has 0 aromatic heterocycles. The van der Waals surface area contributed by atoms with Crippen LogP contribution in [0.25, 0.3) is 0 Å². The lowest BCUT2D eigenvalue weighted by atomic mass is 10.1. The molecule has 0 unspecified atom stereocenters. The van der Waals surface area contributed by atoms with Gasteiger partial charge >= 0.3 is 0 Å². The summed E-state index contributed by atoms with van der Waals surface area (Å²) in [4.78, 5) is 0.0870. The highest BCUT2D eigenvalue weighted by atomic mass is 32.2. The number of phenols is 1. The number of hydrogen-bond donors (Lipinski definition) is 2. The van der Waals surface area contributed by atoms with Crippen LogP contribution in [0.3, 0.4) is 0 Å². The van der Waals surface area contributed by atoms with Crippen LogP contribution in [0.15, 0.2) is 29.2 Å². The molecule has 1 aliphatic heterocycles. The maximum absolute atomic E-state index is 12.0. The molecule has 0 aliphatic carbocycles. The van der Waals surface area contributed by atoms with Gasteiger partial charge in [-0.05, 0) is 31.0 Å². The van der Waals surface area contributed by atoms with Gasteiger partial charge < -0.3 is 9.84 Å². The van der Waals surface area contributed by atoms with E-state index in [1.165, 1.54) is 24.3 Å². The molecule has 0 saturated carbocycles. The molecule has 0 amide bonds. The molecule has 0 atom stereocenters. The van der Waals surface area contributed by atoms with Gasteiger partial charge in [0, 0.05) is 19.3 Å². The summed E-state index contributed by atoms with van der Waals surface area (Å²) < 4.78 is 31.8. The van der Waals surface area contributed by atoms with Crippen LogP contribution in [0.1, 0.15) is 12.8 Å². The molecule has 5 nitrogen and oxygen atoms in total. The first-order valence-corrected chi connectivity index (χ1v) is 6.95. The average molecular weight is 257 g/mol. The van der Waals surface area contributed by atoms with Crippen molar-refractivity contribution in [3.05, 3.63) is 24.3 Å². The Morgan fingerprint density at radius 2 is 2.00 bits per heavy atom. The first-order valence-electron chi connectivity index (χ1n) is 5.47. The molecule has 0 spiro atoms. The van der Waals surface area contributed by atoms with Crippen molar-refractivity contribution < 1.29 is 18.3 Å². The first-order chi connectivity index (χ1) is 8.08. The molecular formula is C11H15NO4S. The fourth-order valence-electron chi connectivity index (χ4n) is 1.75. The fourth-order valence-corrected chi connectivity index (χ4v) is 3.10. The van der Waals surface area contributed by atoms with Gasteiger partial charge in [0.2, 0.25) is 10.0 Å². The molecule has 94 valence electrons. The molecule has 2 N–H and O–H groups in total. The van der Waals surface area contributed by atoms with Crippen molar-refractivity contribution in [3.63, 3.8) is 0 Å². The highest BCUT2D eigenvalue weighted by Crippen LogP contribution is 2.17. The average Bonchev–Trinajstić information content (AvgIpc) is 2.30. The number of ether oxygens (including phenoxy) is 1. The Bertz CT molecular complexity index is 480. The monoisotopic (exact) mass is 257 g/mol. The third kappa shape index (κ3) is 3.18. The normalized spacial score (nSPS) is 18.1.